The van der Waals surface area contributed by atoms with E-state index in [2.05, 4.69) is 27.6 Å². The minimum atomic E-state index is -0.390. The molecule has 0 fully saturated rings. The number of benzene rings is 2. The van der Waals surface area contributed by atoms with Gasteiger partial charge in [-0.3, -0.25) is 0 Å². The number of urea groups is 1. The molecule has 4 rings (SSSR count). The van der Waals surface area contributed by atoms with Gasteiger partial charge in [0.1, 0.15) is 16.1 Å². The van der Waals surface area contributed by atoms with E-state index in [0.717, 1.165) is 49.0 Å². The maximum absolute atomic E-state index is 12.6. The molecule has 2 heterocycles. The van der Waals surface area contributed by atoms with Crippen LogP contribution in [0.5, 0.6) is 5.75 Å². The van der Waals surface area contributed by atoms with Crippen LogP contribution in [0.2, 0.25) is 15.3 Å². The molecule has 0 saturated carbocycles. The fourth-order valence-corrected chi connectivity index (χ4v) is 4.93. The van der Waals surface area contributed by atoms with Crippen molar-refractivity contribution in [1.82, 2.24) is 9.88 Å². The van der Waals surface area contributed by atoms with Gasteiger partial charge in [-0.1, -0.05) is 53.0 Å². The van der Waals surface area contributed by atoms with Crippen LogP contribution < -0.4 is 10.6 Å². The minimum absolute atomic E-state index is 0.126. The molecular formula is C25H25Cl3N4O2. The van der Waals surface area contributed by atoms with Gasteiger partial charge in [0.15, 0.2) is 0 Å². The summed E-state index contributed by atoms with van der Waals surface area (Å²) < 4.78 is 0. The third-order valence-corrected chi connectivity index (χ3v) is 6.80. The molecule has 0 saturated heterocycles. The van der Waals surface area contributed by atoms with E-state index in [-0.39, 0.29) is 16.1 Å². The average Bonchev–Trinajstić information content (AvgIpc) is 2.91. The lowest BCUT2D eigenvalue weighted by atomic mass is 9.96. The first-order valence-corrected chi connectivity index (χ1v) is 12.1. The summed E-state index contributed by atoms with van der Waals surface area (Å²) in [5.41, 5.74) is 4.57. The number of rotatable bonds is 5. The highest BCUT2D eigenvalue weighted by atomic mass is 35.5. The Hall–Kier alpha value is -2.51. The number of hydrogen-bond acceptors (Lipinski definition) is 4. The molecule has 34 heavy (non-hydrogen) atoms. The van der Waals surface area contributed by atoms with Crippen LogP contribution in [0.15, 0.2) is 48.5 Å². The van der Waals surface area contributed by atoms with Crippen molar-refractivity contribution in [2.45, 2.75) is 31.7 Å². The summed E-state index contributed by atoms with van der Waals surface area (Å²) in [6.45, 7) is 0.915. The first-order chi connectivity index (χ1) is 16.3. The van der Waals surface area contributed by atoms with E-state index in [1.165, 1.54) is 17.7 Å². The molecule has 0 bridgehead atoms. The first-order valence-electron chi connectivity index (χ1n) is 11.0. The number of aryl methyl sites for hydroxylation is 1. The average molecular weight is 520 g/mol. The number of halogens is 3. The van der Waals surface area contributed by atoms with Crippen LogP contribution in [-0.4, -0.2) is 40.7 Å². The molecule has 1 aliphatic heterocycles. The van der Waals surface area contributed by atoms with Crippen LogP contribution in [0.25, 0.3) is 0 Å². The van der Waals surface area contributed by atoms with E-state index >= 15 is 0 Å². The van der Waals surface area contributed by atoms with E-state index in [9.17, 15) is 9.90 Å². The second-order valence-corrected chi connectivity index (χ2v) is 9.62. The molecule has 1 unspecified atom stereocenters. The standard InChI is InChI=1S/C25H25Cl3N4O2/c1-32-9-8-16-11-20(26)22(33)12-17(16)10-19(32)7-6-15-4-2-3-5-21(15)30-25(34)29-18-13-23(27)31-24(28)14-18/h2-5,11-14,19,33H,6-10H2,1H3,(H2,29,30,31,34). The van der Waals surface area contributed by atoms with Crippen LogP contribution in [0.1, 0.15) is 23.1 Å². The van der Waals surface area contributed by atoms with Gasteiger partial charge in [0.25, 0.3) is 0 Å². The first kappa shape index (κ1) is 24.6. The van der Waals surface area contributed by atoms with Gasteiger partial charge in [-0.15, -0.1) is 0 Å². The van der Waals surface area contributed by atoms with Gasteiger partial charge in [-0.05, 0) is 79.8 Å². The Morgan fingerprint density at radius 2 is 1.82 bits per heavy atom. The smallest absolute Gasteiger partial charge is 0.323 e. The number of phenolic OH excluding ortho intramolecular Hbond substituents is 1. The lowest BCUT2D eigenvalue weighted by Crippen LogP contribution is -2.33. The van der Waals surface area contributed by atoms with Crippen LogP contribution in [0.4, 0.5) is 16.2 Å². The van der Waals surface area contributed by atoms with Crippen molar-refractivity contribution in [2.75, 3.05) is 24.2 Å². The van der Waals surface area contributed by atoms with Gasteiger partial charge in [0, 0.05) is 24.0 Å². The maximum atomic E-state index is 12.6. The van der Waals surface area contributed by atoms with Crippen LogP contribution >= 0.6 is 34.8 Å². The molecule has 3 aromatic rings. The van der Waals surface area contributed by atoms with Gasteiger partial charge in [0.2, 0.25) is 0 Å². The SMILES string of the molecule is CN1CCc2cc(Cl)c(O)cc2CC1CCc1ccccc1NC(=O)Nc1cc(Cl)nc(Cl)c1. The lowest BCUT2D eigenvalue weighted by molar-refractivity contribution is 0.238. The minimum Gasteiger partial charge on any atom is -0.506 e. The summed E-state index contributed by atoms with van der Waals surface area (Å²) in [6.07, 6.45) is 3.41. The number of hydrogen-bond donors (Lipinski definition) is 3. The van der Waals surface area contributed by atoms with Crippen molar-refractivity contribution in [2.24, 2.45) is 0 Å². The van der Waals surface area contributed by atoms with E-state index in [4.69, 9.17) is 34.8 Å². The van der Waals surface area contributed by atoms with Crippen molar-refractivity contribution in [3.63, 3.8) is 0 Å². The molecule has 1 aromatic heterocycles. The topological polar surface area (TPSA) is 77.5 Å². The fraction of sp³-hybridized carbons (Fsp3) is 0.280. The number of carbonyl (C=O) groups is 1. The van der Waals surface area contributed by atoms with E-state index in [1.807, 2.05) is 30.3 Å². The summed E-state index contributed by atoms with van der Waals surface area (Å²) in [7, 11) is 2.13. The zero-order chi connectivity index (χ0) is 24.2. The number of carbonyl (C=O) groups excluding carboxylic acids is 1. The molecule has 3 N–H and O–H groups in total. The third kappa shape index (κ3) is 6.13. The lowest BCUT2D eigenvalue weighted by Gasteiger charge is -2.26. The van der Waals surface area contributed by atoms with Crippen LogP contribution in [-0.2, 0) is 19.3 Å². The Bertz CT molecular complexity index is 1180. The highest BCUT2D eigenvalue weighted by molar-refractivity contribution is 6.33. The van der Waals surface area contributed by atoms with E-state index < -0.39 is 6.03 Å². The zero-order valence-corrected chi connectivity index (χ0v) is 20.9. The number of nitrogens with zero attached hydrogens (tertiary/aromatic N) is 2. The Morgan fingerprint density at radius 1 is 1.09 bits per heavy atom. The van der Waals surface area contributed by atoms with Crippen molar-refractivity contribution in [3.8, 4) is 5.75 Å². The highest BCUT2D eigenvalue weighted by Crippen LogP contribution is 2.31. The van der Waals surface area contributed by atoms with Gasteiger partial charge in [-0.25, -0.2) is 9.78 Å². The largest absolute Gasteiger partial charge is 0.506 e. The number of amides is 2. The molecule has 0 spiro atoms. The van der Waals surface area contributed by atoms with Crippen molar-refractivity contribution in [1.29, 1.82) is 0 Å². The maximum Gasteiger partial charge on any atom is 0.323 e. The van der Waals surface area contributed by atoms with Crippen LogP contribution in [0.3, 0.4) is 0 Å². The number of para-hydroxylation sites is 1. The van der Waals surface area contributed by atoms with Crippen molar-refractivity contribution >= 4 is 52.2 Å². The molecule has 1 aliphatic rings. The molecule has 9 heteroatoms. The third-order valence-electron chi connectivity index (χ3n) is 6.11. The summed E-state index contributed by atoms with van der Waals surface area (Å²) in [5.74, 6) is 0.126. The number of nitrogens with one attached hydrogen (secondary N) is 2. The second kappa shape index (κ2) is 10.8. The summed E-state index contributed by atoms with van der Waals surface area (Å²) in [6, 6.07) is 14.4. The van der Waals surface area contributed by atoms with Gasteiger partial charge >= 0.3 is 6.03 Å². The van der Waals surface area contributed by atoms with Gasteiger partial charge in [-0.2, -0.15) is 0 Å². The molecule has 0 aliphatic carbocycles. The van der Waals surface area contributed by atoms with E-state index in [1.54, 1.807) is 6.07 Å². The quantitative estimate of drug-likeness (QED) is 0.340. The zero-order valence-electron chi connectivity index (χ0n) is 18.6. The molecule has 6 nitrogen and oxygen atoms in total. The summed E-state index contributed by atoms with van der Waals surface area (Å²) in [5, 5.41) is 16.5. The van der Waals surface area contributed by atoms with Crippen LogP contribution in [0, 0.1) is 0 Å². The second-order valence-electron chi connectivity index (χ2n) is 8.44. The van der Waals surface area contributed by atoms with Crippen molar-refractivity contribution < 1.29 is 9.90 Å². The number of anilines is 2. The van der Waals surface area contributed by atoms with Gasteiger partial charge < -0.3 is 20.6 Å². The monoisotopic (exact) mass is 518 g/mol. The van der Waals surface area contributed by atoms with Crippen molar-refractivity contribution in [3.05, 3.63) is 80.6 Å². The molecule has 2 amide bonds. The predicted molar refractivity (Wildman–Crippen MR) is 139 cm³/mol. The molecule has 178 valence electrons. The molecule has 2 aromatic carbocycles. The Morgan fingerprint density at radius 3 is 2.59 bits per heavy atom. The number of pyridine rings is 1. The number of fused-ring (bicyclic) bond motifs is 1. The normalized spacial score (nSPS) is 15.9. The number of phenols is 1. The Balaban J connectivity index is 1.43. The molecular weight excluding hydrogens is 495 g/mol. The molecule has 0 radical (unpaired) electrons. The fourth-order valence-electron chi connectivity index (χ4n) is 4.28. The number of aromatic nitrogens is 1. The number of aromatic hydroxyl groups is 1. The number of likely N-dealkylation sites (N-methyl/N-ethyl adjacent to an activating group) is 1. The Kier molecular flexibility index (Phi) is 7.84. The molecule has 1 atom stereocenters. The summed E-state index contributed by atoms with van der Waals surface area (Å²) >= 11 is 17.9. The van der Waals surface area contributed by atoms with E-state index in [0.29, 0.717) is 16.8 Å². The predicted octanol–water partition coefficient (Wildman–Crippen LogP) is 6.42. The summed E-state index contributed by atoms with van der Waals surface area (Å²) in [4.78, 5) is 18.8. The highest BCUT2D eigenvalue weighted by Gasteiger charge is 2.22. The van der Waals surface area contributed by atoms with Gasteiger partial charge in [0.05, 0.1) is 5.02 Å². The Labute approximate surface area is 213 Å².